The molecule has 100 valence electrons. The van der Waals surface area contributed by atoms with E-state index in [2.05, 4.69) is 18.0 Å². The fourth-order valence-electron chi connectivity index (χ4n) is 1.74. The smallest absolute Gasteiger partial charge is 0.0968 e. The zero-order chi connectivity index (χ0) is 14.0. The van der Waals surface area contributed by atoms with E-state index in [0.29, 0.717) is 6.42 Å². The second kappa shape index (κ2) is 8.66. The van der Waals surface area contributed by atoms with Crippen molar-refractivity contribution in [3.05, 3.63) is 36.2 Å². The average molecular weight is 250 g/mol. The van der Waals surface area contributed by atoms with Crippen LogP contribution in [0.1, 0.15) is 33.1 Å². The molecule has 0 rings (SSSR count). The first-order chi connectivity index (χ1) is 8.53. The van der Waals surface area contributed by atoms with Crippen molar-refractivity contribution in [2.45, 2.75) is 33.1 Å². The lowest BCUT2D eigenvalue weighted by molar-refractivity contribution is 0.345. The highest BCUT2D eigenvalue weighted by atomic mass is 19.1. The molecule has 0 aliphatic heterocycles. The minimum Gasteiger partial charge on any atom is -0.320 e. The Balaban J connectivity index is 4.95. The number of hydrogen-bond donors (Lipinski definition) is 1. The van der Waals surface area contributed by atoms with Crippen LogP contribution in [0, 0.1) is 16.7 Å². The minimum atomic E-state index is -0.402. The van der Waals surface area contributed by atoms with Crippen molar-refractivity contribution in [2.24, 2.45) is 5.41 Å². The largest absolute Gasteiger partial charge is 0.320 e. The highest BCUT2D eigenvalue weighted by Gasteiger charge is 2.27. The number of allylic oxidation sites excluding steroid dienone is 5. The maximum atomic E-state index is 12.7. The molecule has 0 saturated carbocycles. The number of nitrogens with zero attached hydrogens (tertiary/aromatic N) is 1. The van der Waals surface area contributed by atoms with Crippen LogP contribution in [-0.2, 0) is 0 Å². The van der Waals surface area contributed by atoms with Gasteiger partial charge in [0.05, 0.1) is 17.3 Å². The fraction of sp³-hybridized carbons (Fsp3) is 0.533. The van der Waals surface area contributed by atoms with Crippen molar-refractivity contribution in [2.75, 3.05) is 13.6 Å². The topological polar surface area (TPSA) is 35.8 Å². The van der Waals surface area contributed by atoms with Crippen molar-refractivity contribution in [1.29, 1.82) is 5.26 Å². The van der Waals surface area contributed by atoms with Crippen LogP contribution < -0.4 is 5.32 Å². The van der Waals surface area contributed by atoms with Gasteiger partial charge in [0.1, 0.15) is 0 Å². The summed E-state index contributed by atoms with van der Waals surface area (Å²) in [5, 5.41) is 12.5. The summed E-state index contributed by atoms with van der Waals surface area (Å²) in [6, 6.07) is 2.41. The third-order valence-electron chi connectivity index (χ3n) is 3.10. The molecule has 0 saturated heterocycles. The summed E-state index contributed by atoms with van der Waals surface area (Å²) in [6.45, 7) is 7.93. The number of rotatable bonds is 8. The van der Waals surface area contributed by atoms with Crippen LogP contribution in [0.4, 0.5) is 4.39 Å². The Bertz CT molecular complexity index is 359. The summed E-state index contributed by atoms with van der Waals surface area (Å²) in [5.74, 6) is -0.247. The summed E-state index contributed by atoms with van der Waals surface area (Å²) in [6.07, 6.45) is 6.96. The van der Waals surface area contributed by atoms with Crippen LogP contribution >= 0.6 is 0 Å². The number of nitrogens with one attached hydrogen (secondary N) is 1. The normalized spacial score (nSPS) is 15.9. The molecule has 0 bridgehead atoms. The highest BCUT2D eigenvalue weighted by molar-refractivity contribution is 5.26. The van der Waals surface area contributed by atoms with Gasteiger partial charge in [0.15, 0.2) is 0 Å². The molecule has 0 fully saturated rings. The Hall–Kier alpha value is -1.40. The summed E-state index contributed by atoms with van der Waals surface area (Å²) in [7, 11) is 1.87. The van der Waals surface area contributed by atoms with E-state index < -0.39 is 5.41 Å². The van der Waals surface area contributed by atoms with Crippen molar-refractivity contribution in [1.82, 2.24) is 5.32 Å². The number of halogens is 1. The van der Waals surface area contributed by atoms with Crippen LogP contribution in [0.15, 0.2) is 36.2 Å². The predicted octanol–water partition coefficient (Wildman–Crippen LogP) is 3.89. The Morgan fingerprint density at radius 2 is 2.17 bits per heavy atom. The van der Waals surface area contributed by atoms with E-state index in [4.69, 9.17) is 0 Å². The number of nitriles is 1. The second-order valence-electron chi connectivity index (χ2n) is 4.48. The zero-order valence-electron chi connectivity index (χ0n) is 11.6. The van der Waals surface area contributed by atoms with E-state index in [0.717, 1.165) is 25.0 Å². The minimum absolute atomic E-state index is 0.247. The van der Waals surface area contributed by atoms with Gasteiger partial charge < -0.3 is 5.32 Å². The summed E-state index contributed by atoms with van der Waals surface area (Å²) < 4.78 is 12.7. The molecular formula is C15H23FN2. The molecule has 1 atom stereocenters. The van der Waals surface area contributed by atoms with Crippen molar-refractivity contribution >= 4 is 0 Å². The molecule has 0 aromatic carbocycles. The van der Waals surface area contributed by atoms with Crippen molar-refractivity contribution < 1.29 is 4.39 Å². The molecule has 0 spiro atoms. The molecular weight excluding hydrogens is 227 g/mol. The summed E-state index contributed by atoms with van der Waals surface area (Å²) in [5.41, 5.74) is 0.493. The van der Waals surface area contributed by atoms with E-state index in [1.807, 2.05) is 14.0 Å². The predicted molar refractivity (Wildman–Crippen MR) is 74.6 cm³/mol. The van der Waals surface area contributed by atoms with E-state index in [1.54, 1.807) is 12.2 Å². The van der Waals surface area contributed by atoms with Gasteiger partial charge in [-0.05, 0) is 51.4 Å². The van der Waals surface area contributed by atoms with Crippen LogP contribution in [0.5, 0.6) is 0 Å². The monoisotopic (exact) mass is 250 g/mol. The molecule has 2 nitrogen and oxygen atoms in total. The molecule has 1 unspecified atom stereocenters. The van der Waals surface area contributed by atoms with Gasteiger partial charge in [-0.1, -0.05) is 25.7 Å². The molecule has 0 aromatic rings. The van der Waals surface area contributed by atoms with Crippen molar-refractivity contribution in [3.8, 4) is 6.07 Å². The van der Waals surface area contributed by atoms with Gasteiger partial charge in [0, 0.05) is 0 Å². The maximum absolute atomic E-state index is 12.7. The molecule has 0 amide bonds. The molecule has 3 heteroatoms. The molecule has 0 aliphatic rings. The third-order valence-corrected chi connectivity index (χ3v) is 3.10. The van der Waals surface area contributed by atoms with Gasteiger partial charge in [-0.2, -0.15) is 5.26 Å². The van der Waals surface area contributed by atoms with E-state index in [-0.39, 0.29) is 5.83 Å². The Morgan fingerprint density at radius 1 is 1.50 bits per heavy atom. The van der Waals surface area contributed by atoms with Crippen molar-refractivity contribution in [3.63, 3.8) is 0 Å². The van der Waals surface area contributed by atoms with Gasteiger partial charge in [0.25, 0.3) is 0 Å². The van der Waals surface area contributed by atoms with Gasteiger partial charge in [0.2, 0.25) is 0 Å². The van der Waals surface area contributed by atoms with Gasteiger partial charge in [-0.25, -0.2) is 4.39 Å². The maximum Gasteiger partial charge on any atom is 0.0968 e. The summed E-state index contributed by atoms with van der Waals surface area (Å²) >= 11 is 0. The third kappa shape index (κ3) is 5.79. The van der Waals surface area contributed by atoms with E-state index in [1.165, 1.54) is 13.0 Å². The first-order valence-electron chi connectivity index (χ1n) is 6.25. The average Bonchev–Trinajstić information content (AvgIpc) is 2.38. The highest BCUT2D eigenvalue weighted by Crippen LogP contribution is 2.33. The lowest BCUT2D eigenvalue weighted by Gasteiger charge is -2.25. The Labute approximate surface area is 110 Å². The molecule has 0 aromatic heterocycles. The van der Waals surface area contributed by atoms with Gasteiger partial charge in [-0.3, -0.25) is 0 Å². The fourth-order valence-corrected chi connectivity index (χ4v) is 1.74. The zero-order valence-corrected chi connectivity index (χ0v) is 11.6. The van der Waals surface area contributed by atoms with E-state index >= 15 is 0 Å². The Kier molecular flexibility index (Phi) is 7.98. The first kappa shape index (κ1) is 16.6. The number of hydrogen-bond acceptors (Lipinski definition) is 2. The molecule has 18 heavy (non-hydrogen) atoms. The van der Waals surface area contributed by atoms with Crippen LogP contribution in [0.25, 0.3) is 0 Å². The van der Waals surface area contributed by atoms with Gasteiger partial charge >= 0.3 is 0 Å². The van der Waals surface area contributed by atoms with E-state index in [9.17, 15) is 9.65 Å². The van der Waals surface area contributed by atoms with Crippen LogP contribution in [0.3, 0.4) is 0 Å². The molecule has 0 heterocycles. The quantitative estimate of drug-likeness (QED) is 0.663. The van der Waals surface area contributed by atoms with Gasteiger partial charge in [-0.15, -0.1) is 0 Å². The summed E-state index contributed by atoms with van der Waals surface area (Å²) in [4.78, 5) is 0. The molecule has 0 radical (unpaired) electrons. The SMILES string of the molecule is C=CC(=CC=C(C)F)CC(C#N)(CC)CCNC. The van der Waals surface area contributed by atoms with Crippen LogP contribution in [0.2, 0.25) is 0 Å². The molecule has 0 aliphatic carbocycles. The second-order valence-corrected chi connectivity index (χ2v) is 4.48. The first-order valence-corrected chi connectivity index (χ1v) is 6.25. The lowest BCUT2D eigenvalue weighted by atomic mass is 9.77. The lowest BCUT2D eigenvalue weighted by Crippen LogP contribution is -2.24. The van der Waals surface area contributed by atoms with Crippen LogP contribution in [-0.4, -0.2) is 13.6 Å². The Morgan fingerprint density at radius 3 is 2.56 bits per heavy atom. The standard InChI is InChI=1S/C15H23FN2/c1-5-14(8-7-13(3)16)11-15(6-2,12-17)9-10-18-4/h5,7-8,18H,1,6,9-11H2,2-4H3. The molecule has 1 N–H and O–H groups in total.